The minimum Gasteiger partial charge on any atom is -0.493 e. The maximum absolute atomic E-state index is 12.3. The van der Waals surface area contributed by atoms with Crippen LogP contribution in [0.3, 0.4) is 0 Å². The fourth-order valence-electron chi connectivity index (χ4n) is 2.22. The number of carbonyl (C=O) groups is 1. The molecule has 7 heteroatoms. The van der Waals surface area contributed by atoms with Crippen molar-refractivity contribution in [2.45, 2.75) is 6.42 Å². The number of ether oxygens (including phenoxy) is 3. The van der Waals surface area contributed by atoms with E-state index in [0.29, 0.717) is 38.5 Å². The van der Waals surface area contributed by atoms with Gasteiger partial charge in [-0.1, -0.05) is 29.3 Å². The van der Waals surface area contributed by atoms with Crippen molar-refractivity contribution in [3.8, 4) is 17.2 Å². The van der Waals surface area contributed by atoms with Gasteiger partial charge >= 0.3 is 0 Å². The summed E-state index contributed by atoms with van der Waals surface area (Å²) in [4.78, 5) is 12.3. The lowest BCUT2D eigenvalue weighted by Crippen LogP contribution is -2.15. The van der Waals surface area contributed by atoms with E-state index in [-0.39, 0.29) is 12.3 Å². The van der Waals surface area contributed by atoms with Crippen LogP contribution in [-0.4, -0.2) is 27.2 Å². The lowest BCUT2D eigenvalue weighted by molar-refractivity contribution is -0.115. The van der Waals surface area contributed by atoms with Gasteiger partial charge < -0.3 is 19.5 Å². The maximum Gasteiger partial charge on any atom is 0.228 e. The van der Waals surface area contributed by atoms with Crippen LogP contribution in [0, 0.1) is 0 Å². The molecule has 0 fully saturated rings. The van der Waals surface area contributed by atoms with Crippen LogP contribution < -0.4 is 19.5 Å². The van der Waals surface area contributed by atoms with Crippen LogP contribution in [0.1, 0.15) is 5.56 Å². The van der Waals surface area contributed by atoms with Crippen LogP contribution in [0.4, 0.5) is 5.69 Å². The smallest absolute Gasteiger partial charge is 0.228 e. The zero-order valence-electron chi connectivity index (χ0n) is 13.5. The van der Waals surface area contributed by atoms with Gasteiger partial charge in [-0.05, 0) is 29.8 Å². The van der Waals surface area contributed by atoms with Crippen LogP contribution in [0.2, 0.25) is 10.0 Å². The lowest BCUT2D eigenvalue weighted by Gasteiger charge is -2.14. The minimum absolute atomic E-state index is 0.0955. The van der Waals surface area contributed by atoms with Gasteiger partial charge in [0.15, 0.2) is 11.5 Å². The first kappa shape index (κ1) is 18.2. The van der Waals surface area contributed by atoms with E-state index in [1.54, 1.807) is 30.3 Å². The number of amides is 1. The van der Waals surface area contributed by atoms with E-state index in [2.05, 4.69) is 5.32 Å². The highest BCUT2D eigenvalue weighted by molar-refractivity contribution is 6.39. The summed E-state index contributed by atoms with van der Waals surface area (Å²) in [6.45, 7) is 0. The molecule has 0 saturated heterocycles. The van der Waals surface area contributed by atoms with E-state index in [1.165, 1.54) is 21.3 Å². The highest BCUT2D eigenvalue weighted by atomic mass is 35.5. The number of benzene rings is 2. The first-order valence-corrected chi connectivity index (χ1v) is 7.78. The number of rotatable bonds is 6. The number of carbonyl (C=O) groups excluding carboxylic acids is 1. The normalized spacial score (nSPS) is 10.2. The van der Waals surface area contributed by atoms with Crippen molar-refractivity contribution in [1.29, 1.82) is 0 Å². The van der Waals surface area contributed by atoms with Crippen molar-refractivity contribution in [2.24, 2.45) is 0 Å². The SMILES string of the molecule is COc1cc(CC(=O)Nc2c(Cl)cccc2Cl)cc(OC)c1OC. The van der Waals surface area contributed by atoms with Gasteiger partial charge in [-0.15, -0.1) is 0 Å². The van der Waals surface area contributed by atoms with E-state index in [0.717, 1.165) is 0 Å². The molecule has 0 aliphatic rings. The predicted molar refractivity (Wildman–Crippen MR) is 94.9 cm³/mol. The fourth-order valence-corrected chi connectivity index (χ4v) is 2.72. The topological polar surface area (TPSA) is 56.8 Å². The fraction of sp³-hybridized carbons (Fsp3) is 0.235. The highest BCUT2D eigenvalue weighted by Gasteiger charge is 2.16. The van der Waals surface area contributed by atoms with Gasteiger partial charge in [0.1, 0.15) is 0 Å². The van der Waals surface area contributed by atoms with Crippen LogP contribution in [0.5, 0.6) is 17.2 Å². The van der Waals surface area contributed by atoms with Crippen molar-refractivity contribution < 1.29 is 19.0 Å². The van der Waals surface area contributed by atoms with Crippen LogP contribution in [0.25, 0.3) is 0 Å². The van der Waals surface area contributed by atoms with Gasteiger partial charge in [0.25, 0.3) is 0 Å². The molecule has 0 atom stereocenters. The van der Waals surface area contributed by atoms with Crippen molar-refractivity contribution in [2.75, 3.05) is 26.6 Å². The minimum atomic E-state index is -0.265. The van der Waals surface area contributed by atoms with Crippen molar-refractivity contribution in [1.82, 2.24) is 0 Å². The Morgan fingerprint density at radius 3 is 2.00 bits per heavy atom. The molecule has 0 saturated carbocycles. The molecule has 0 heterocycles. The number of hydrogen-bond acceptors (Lipinski definition) is 4. The van der Waals surface area contributed by atoms with E-state index in [4.69, 9.17) is 37.4 Å². The summed E-state index contributed by atoms with van der Waals surface area (Å²) in [7, 11) is 4.56. The third kappa shape index (κ3) is 4.04. The number of halogens is 2. The first-order chi connectivity index (χ1) is 11.5. The molecular weight excluding hydrogens is 353 g/mol. The standard InChI is InChI=1S/C17H17Cl2NO4/c1-22-13-7-10(8-14(23-2)17(13)24-3)9-15(21)20-16-11(18)5-4-6-12(16)19/h4-8H,9H2,1-3H3,(H,20,21). The molecule has 0 unspecified atom stereocenters. The van der Waals surface area contributed by atoms with Gasteiger partial charge in [-0.2, -0.15) is 0 Å². The Morgan fingerprint density at radius 2 is 1.54 bits per heavy atom. The van der Waals surface area contributed by atoms with Crippen molar-refractivity contribution >= 4 is 34.8 Å². The molecule has 128 valence electrons. The molecule has 5 nitrogen and oxygen atoms in total. The summed E-state index contributed by atoms with van der Waals surface area (Å²) in [6.07, 6.45) is 0.0955. The monoisotopic (exact) mass is 369 g/mol. The third-order valence-corrected chi connectivity index (χ3v) is 3.95. The van der Waals surface area contributed by atoms with E-state index < -0.39 is 0 Å². The van der Waals surface area contributed by atoms with Gasteiger partial charge in [-0.25, -0.2) is 0 Å². The first-order valence-electron chi connectivity index (χ1n) is 7.03. The number of methoxy groups -OCH3 is 3. The second-order valence-electron chi connectivity index (χ2n) is 4.86. The Balaban J connectivity index is 2.23. The maximum atomic E-state index is 12.3. The Labute approximate surface area is 150 Å². The van der Waals surface area contributed by atoms with Crippen LogP contribution in [0.15, 0.2) is 30.3 Å². The van der Waals surface area contributed by atoms with Gasteiger partial charge in [0.05, 0.1) is 43.5 Å². The number of anilines is 1. The van der Waals surface area contributed by atoms with E-state index in [9.17, 15) is 4.79 Å². The zero-order valence-corrected chi connectivity index (χ0v) is 15.0. The van der Waals surface area contributed by atoms with Crippen molar-refractivity contribution in [3.05, 3.63) is 45.9 Å². The molecule has 0 aliphatic carbocycles. The predicted octanol–water partition coefficient (Wildman–Crippen LogP) is 4.20. The highest BCUT2D eigenvalue weighted by Crippen LogP contribution is 2.38. The molecule has 0 aromatic heterocycles. The molecule has 0 radical (unpaired) electrons. The summed E-state index contributed by atoms with van der Waals surface area (Å²) < 4.78 is 15.8. The van der Waals surface area contributed by atoms with E-state index >= 15 is 0 Å². The number of hydrogen-bond donors (Lipinski definition) is 1. The summed E-state index contributed by atoms with van der Waals surface area (Å²) in [6, 6.07) is 8.45. The van der Waals surface area contributed by atoms with Gasteiger partial charge in [0, 0.05) is 0 Å². The lowest BCUT2D eigenvalue weighted by atomic mass is 10.1. The summed E-state index contributed by atoms with van der Waals surface area (Å²) in [5, 5.41) is 3.47. The molecule has 0 aliphatic heterocycles. The molecule has 2 aromatic rings. The molecule has 24 heavy (non-hydrogen) atoms. The molecule has 1 N–H and O–H groups in total. The van der Waals surface area contributed by atoms with Crippen LogP contribution in [-0.2, 0) is 11.2 Å². The Hall–Kier alpha value is -2.11. The summed E-state index contributed by atoms with van der Waals surface area (Å²) >= 11 is 12.1. The van der Waals surface area contributed by atoms with Gasteiger partial charge in [-0.3, -0.25) is 4.79 Å². The Morgan fingerprint density at radius 1 is 1.00 bits per heavy atom. The molecular formula is C17H17Cl2NO4. The van der Waals surface area contributed by atoms with E-state index in [1.807, 2.05) is 0 Å². The number of nitrogens with one attached hydrogen (secondary N) is 1. The third-order valence-electron chi connectivity index (χ3n) is 3.32. The Bertz CT molecular complexity index is 704. The molecule has 2 aromatic carbocycles. The van der Waals surface area contributed by atoms with Crippen molar-refractivity contribution in [3.63, 3.8) is 0 Å². The Kier molecular flexibility index (Phi) is 6.17. The van der Waals surface area contributed by atoms with Gasteiger partial charge in [0.2, 0.25) is 11.7 Å². The summed E-state index contributed by atoms with van der Waals surface area (Å²) in [5.74, 6) is 1.17. The van der Waals surface area contributed by atoms with Crippen LogP contribution >= 0.6 is 23.2 Å². The number of para-hydroxylation sites is 1. The largest absolute Gasteiger partial charge is 0.493 e. The second kappa shape index (κ2) is 8.13. The molecule has 0 spiro atoms. The molecule has 2 rings (SSSR count). The quantitative estimate of drug-likeness (QED) is 0.828. The molecule has 1 amide bonds. The average Bonchev–Trinajstić information content (AvgIpc) is 2.57. The summed E-state index contributed by atoms with van der Waals surface area (Å²) in [5.41, 5.74) is 1.09. The molecule has 0 bridgehead atoms. The zero-order chi connectivity index (χ0) is 17.7. The second-order valence-corrected chi connectivity index (χ2v) is 5.67. The average molecular weight is 370 g/mol.